The number of rotatable bonds is 4. The number of imidazole rings is 1. The van der Waals surface area contributed by atoms with E-state index < -0.39 is 17.7 Å². The van der Waals surface area contributed by atoms with Crippen LogP contribution in [-0.2, 0) is 4.74 Å². The molecule has 32 heavy (non-hydrogen) atoms. The number of anilines is 1. The minimum atomic E-state index is -0.610. The summed E-state index contributed by atoms with van der Waals surface area (Å²) in [5, 5.41) is 12.7. The van der Waals surface area contributed by atoms with Crippen molar-refractivity contribution in [3.05, 3.63) is 36.4 Å². The molecule has 0 radical (unpaired) electrons. The molecule has 3 amide bonds. The van der Waals surface area contributed by atoms with Gasteiger partial charge < -0.3 is 34.3 Å². The molecular weight excluding hydrogens is 414 g/mol. The fourth-order valence-corrected chi connectivity index (χ4v) is 3.49. The standard InChI is InChI=1S/C22H31N5O5/c1-15-11-26(14-23-15)18-7-6-16(10-19(18)31-5)24-20(29)27-9-8-25(12-17(27)13-28)21(30)32-22(2,3)4/h6-7,10-11,14,17,28H,8-9,12-13H2,1-5H3,(H,24,29). The van der Waals surface area contributed by atoms with Crippen molar-refractivity contribution >= 4 is 17.8 Å². The lowest BCUT2D eigenvalue weighted by molar-refractivity contribution is 0.00415. The van der Waals surface area contributed by atoms with Crippen LogP contribution in [0.25, 0.3) is 5.69 Å². The molecule has 174 valence electrons. The van der Waals surface area contributed by atoms with Crippen LogP contribution in [0.15, 0.2) is 30.7 Å². The third-order valence-electron chi connectivity index (χ3n) is 5.03. The van der Waals surface area contributed by atoms with Gasteiger partial charge in [-0.1, -0.05) is 0 Å². The molecule has 1 aromatic carbocycles. The molecule has 2 aromatic rings. The average molecular weight is 446 g/mol. The van der Waals surface area contributed by atoms with Crippen LogP contribution >= 0.6 is 0 Å². The Morgan fingerprint density at radius 3 is 2.62 bits per heavy atom. The Balaban J connectivity index is 1.68. The monoisotopic (exact) mass is 445 g/mol. The summed E-state index contributed by atoms with van der Waals surface area (Å²) in [5.74, 6) is 0.577. The number of aliphatic hydroxyl groups is 1. The van der Waals surface area contributed by atoms with E-state index in [1.807, 2.05) is 23.8 Å². The Labute approximate surface area is 187 Å². The highest BCUT2D eigenvalue weighted by atomic mass is 16.6. The van der Waals surface area contributed by atoms with Gasteiger partial charge in [-0.15, -0.1) is 0 Å². The number of aromatic nitrogens is 2. The molecule has 3 rings (SSSR count). The van der Waals surface area contributed by atoms with Gasteiger partial charge in [0.05, 0.1) is 37.5 Å². The zero-order chi connectivity index (χ0) is 23.5. The number of nitrogens with zero attached hydrogens (tertiary/aromatic N) is 4. The first-order valence-corrected chi connectivity index (χ1v) is 10.5. The van der Waals surface area contributed by atoms with E-state index in [1.165, 1.54) is 9.80 Å². The number of urea groups is 1. The number of hydrogen-bond donors (Lipinski definition) is 2. The van der Waals surface area contributed by atoms with E-state index in [9.17, 15) is 14.7 Å². The van der Waals surface area contributed by atoms with Crippen molar-refractivity contribution in [3.63, 3.8) is 0 Å². The summed E-state index contributed by atoms with van der Waals surface area (Å²) in [4.78, 5) is 32.5. The number of amides is 3. The average Bonchev–Trinajstić information content (AvgIpc) is 3.17. The van der Waals surface area contributed by atoms with Crippen molar-refractivity contribution in [3.8, 4) is 11.4 Å². The molecule has 1 aliphatic heterocycles. The highest BCUT2D eigenvalue weighted by Crippen LogP contribution is 2.27. The lowest BCUT2D eigenvalue weighted by Crippen LogP contribution is -2.59. The van der Waals surface area contributed by atoms with Gasteiger partial charge in [-0.25, -0.2) is 14.6 Å². The molecule has 0 saturated carbocycles. The van der Waals surface area contributed by atoms with Gasteiger partial charge in [0, 0.05) is 37.6 Å². The Bertz CT molecular complexity index is 968. The number of piperazine rings is 1. The van der Waals surface area contributed by atoms with Crippen molar-refractivity contribution in [2.75, 3.05) is 38.7 Å². The number of aliphatic hydroxyl groups excluding tert-OH is 1. The smallest absolute Gasteiger partial charge is 0.410 e. The fourth-order valence-electron chi connectivity index (χ4n) is 3.49. The van der Waals surface area contributed by atoms with Gasteiger partial charge in [-0.05, 0) is 39.8 Å². The van der Waals surface area contributed by atoms with Crippen molar-refractivity contribution in [1.82, 2.24) is 19.4 Å². The van der Waals surface area contributed by atoms with Crippen LogP contribution < -0.4 is 10.1 Å². The molecule has 1 aliphatic rings. The van der Waals surface area contributed by atoms with Crippen LogP contribution in [0.1, 0.15) is 26.5 Å². The first-order chi connectivity index (χ1) is 15.1. The van der Waals surface area contributed by atoms with Crippen LogP contribution in [-0.4, -0.2) is 81.6 Å². The maximum Gasteiger partial charge on any atom is 0.410 e. The summed E-state index contributed by atoms with van der Waals surface area (Å²) in [6, 6.07) is 4.44. The number of ether oxygens (including phenoxy) is 2. The Hall–Kier alpha value is -3.27. The van der Waals surface area contributed by atoms with Crippen LogP contribution in [0.5, 0.6) is 5.75 Å². The fraction of sp³-hybridized carbons (Fsp3) is 0.500. The molecule has 10 nitrogen and oxygen atoms in total. The van der Waals surface area contributed by atoms with E-state index in [0.29, 0.717) is 18.0 Å². The van der Waals surface area contributed by atoms with E-state index in [2.05, 4.69) is 10.3 Å². The van der Waals surface area contributed by atoms with Crippen LogP contribution in [0.3, 0.4) is 0 Å². The molecule has 10 heteroatoms. The van der Waals surface area contributed by atoms with Crippen LogP contribution in [0.4, 0.5) is 15.3 Å². The normalized spacial score (nSPS) is 16.6. The second-order valence-corrected chi connectivity index (χ2v) is 8.70. The first kappa shape index (κ1) is 23.4. The summed E-state index contributed by atoms with van der Waals surface area (Å²) in [7, 11) is 1.56. The maximum absolute atomic E-state index is 12.9. The summed E-state index contributed by atoms with van der Waals surface area (Å²) in [5.41, 5.74) is 1.62. The lowest BCUT2D eigenvalue weighted by atomic mass is 10.2. The van der Waals surface area contributed by atoms with Crippen molar-refractivity contribution < 1.29 is 24.2 Å². The van der Waals surface area contributed by atoms with Crippen LogP contribution in [0, 0.1) is 6.92 Å². The topological polar surface area (TPSA) is 109 Å². The van der Waals surface area contributed by atoms with Gasteiger partial charge in [0.25, 0.3) is 0 Å². The number of aryl methyl sites for hydroxylation is 1. The Morgan fingerprint density at radius 1 is 1.28 bits per heavy atom. The predicted molar refractivity (Wildman–Crippen MR) is 119 cm³/mol. The molecule has 0 bridgehead atoms. The molecule has 1 unspecified atom stereocenters. The molecule has 2 N–H and O–H groups in total. The quantitative estimate of drug-likeness (QED) is 0.749. The Kier molecular flexibility index (Phi) is 6.93. The molecule has 1 fully saturated rings. The zero-order valence-corrected chi connectivity index (χ0v) is 19.2. The molecule has 0 aliphatic carbocycles. The number of nitrogens with one attached hydrogen (secondary N) is 1. The number of methoxy groups -OCH3 is 1. The largest absolute Gasteiger partial charge is 0.494 e. The van der Waals surface area contributed by atoms with Gasteiger partial charge in [0.1, 0.15) is 11.4 Å². The minimum absolute atomic E-state index is 0.196. The van der Waals surface area contributed by atoms with E-state index in [-0.39, 0.29) is 25.7 Å². The van der Waals surface area contributed by atoms with E-state index >= 15 is 0 Å². The van der Waals surface area contributed by atoms with Gasteiger partial charge in [-0.3, -0.25) is 0 Å². The summed E-state index contributed by atoms with van der Waals surface area (Å²) in [6.45, 7) is 7.82. The molecule has 0 spiro atoms. The summed E-state index contributed by atoms with van der Waals surface area (Å²) in [6.07, 6.45) is 3.12. The number of carbonyl (C=O) groups excluding carboxylic acids is 2. The van der Waals surface area contributed by atoms with Gasteiger partial charge in [0.15, 0.2) is 0 Å². The van der Waals surface area contributed by atoms with Crippen LogP contribution in [0.2, 0.25) is 0 Å². The van der Waals surface area contributed by atoms with Crippen molar-refractivity contribution in [1.29, 1.82) is 0 Å². The van der Waals surface area contributed by atoms with Gasteiger partial charge in [0.2, 0.25) is 0 Å². The van der Waals surface area contributed by atoms with E-state index in [1.54, 1.807) is 46.3 Å². The molecule has 2 heterocycles. The number of carbonyl (C=O) groups is 2. The zero-order valence-electron chi connectivity index (χ0n) is 19.2. The SMILES string of the molecule is COc1cc(NC(=O)N2CCN(C(=O)OC(C)(C)C)CC2CO)ccc1-n1cnc(C)c1. The summed E-state index contributed by atoms with van der Waals surface area (Å²) >= 11 is 0. The summed E-state index contributed by atoms with van der Waals surface area (Å²) < 4.78 is 12.7. The third kappa shape index (κ3) is 5.50. The number of benzene rings is 1. The second-order valence-electron chi connectivity index (χ2n) is 8.70. The van der Waals surface area contributed by atoms with Crippen molar-refractivity contribution in [2.24, 2.45) is 0 Å². The predicted octanol–water partition coefficient (Wildman–Crippen LogP) is 2.63. The highest BCUT2D eigenvalue weighted by molar-refractivity contribution is 5.90. The van der Waals surface area contributed by atoms with Gasteiger partial charge in [-0.2, -0.15) is 0 Å². The molecule has 1 atom stereocenters. The number of hydrogen-bond acceptors (Lipinski definition) is 6. The maximum atomic E-state index is 12.9. The molecule has 1 saturated heterocycles. The highest BCUT2D eigenvalue weighted by Gasteiger charge is 2.34. The minimum Gasteiger partial charge on any atom is -0.494 e. The van der Waals surface area contributed by atoms with E-state index in [0.717, 1.165) is 11.4 Å². The van der Waals surface area contributed by atoms with Gasteiger partial charge >= 0.3 is 12.1 Å². The third-order valence-corrected chi connectivity index (χ3v) is 5.03. The second kappa shape index (κ2) is 9.47. The van der Waals surface area contributed by atoms with E-state index in [4.69, 9.17) is 9.47 Å². The molecular formula is C22H31N5O5. The Morgan fingerprint density at radius 2 is 2.03 bits per heavy atom. The lowest BCUT2D eigenvalue weighted by Gasteiger charge is -2.40. The first-order valence-electron chi connectivity index (χ1n) is 10.5. The van der Waals surface area contributed by atoms with Crippen molar-refractivity contribution in [2.45, 2.75) is 39.3 Å². The molecule has 1 aromatic heterocycles.